The highest BCUT2D eigenvalue weighted by molar-refractivity contribution is 4.52. The van der Waals surface area contributed by atoms with Crippen LogP contribution in [0, 0.1) is 0 Å². The van der Waals surface area contributed by atoms with E-state index in [9.17, 15) is 0 Å². The summed E-state index contributed by atoms with van der Waals surface area (Å²) in [5.41, 5.74) is 0. The number of aliphatic hydroxyl groups is 2. The molecule has 1 heterocycles. The van der Waals surface area contributed by atoms with E-state index in [0.29, 0.717) is 6.42 Å². The lowest BCUT2D eigenvalue weighted by atomic mass is 10.2. The SMILES string of the molecule is C1COCCO1.CCCC(C)(O)O. The van der Waals surface area contributed by atoms with E-state index in [-0.39, 0.29) is 0 Å². The summed E-state index contributed by atoms with van der Waals surface area (Å²) < 4.78 is 9.89. The topological polar surface area (TPSA) is 58.9 Å². The number of hydrogen-bond donors (Lipinski definition) is 2. The van der Waals surface area contributed by atoms with Crippen molar-refractivity contribution < 1.29 is 19.7 Å². The summed E-state index contributed by atoms with van der Waals surface area (Å²) in [5.74, 6) is -1.45. The van der Waals surface area contributed by atoms with Crippen LogP contribution in [0.15, 0.2) is 0 Å². The highest BCUT2D eigenvalue weighted by Gasteiger charge is 2.11. The largest absolute Gasteiger partial charge is 0.377 e. The van der Waals surface area contributed by atoms with Gasteiger partial charge in [-0.05, 0) is 6.92 Å². The molecule has 4 nitrogen and oxygen atoms in total. The molecule has 0 unspecified atom stereocenters. The lowest BCUT2D eigenvalue weighted by molar-refractivity contribution is -0.149. The van der Waals surface area contributed by atoms with Crippen molar-refractivity contribution in [3.63, 3.8) is 0 Å². The predicted octanol–water partition coefficient (Wildman–Crippen LogP) is 0.520. The second-order valence-corrected chi connectivity index (χ2v) is 3.19. The molecule has 80 valence electrons. The molecule has 0 aromatic heterocycles. The zero-order valence-corrected chi connectivity index (χ0v) is 8.45. The van der Waals surface area contributed by atoms with Crippen molar-refractivity contribution in [2.24, 2.45) is 0 Å². The Morgan fingerprint density at radius 1 is 1.08 bits per heavy atom. The van der Waals surface area contributed by atoms with Gasteiger partial charge in [-0.3, -0.25) is 0 Å². The molecular formula is C9H20O4. The summed E-state index contributed by atoms with van der Waals surface area (Å²) in [4.78, 5) is 0. The Balaban J connectivity index is 0.000000223. The predicted molar refractivity (Wildman–Crippen MR) is 49.4 cm³/mol. The molecule has 1 fully saturated rings. The maximum absolute atomic E-state index is 8.57. The van der Waals surface area contributed by atoms with Crippen molar-refractivity contribution in [1.29, 1.82) is 0 Å². The molecular weight excluding hydrogens is 172 g/mol. The fourth-order valence-corrected chi connectivity index (χ4v) is 0.913. The zero-order valence-electron chi connectivity index (χ0n) is 8.45. The van der Waals surface area contributed by atoms with E-state index < -0.39 is 5.79 Å². The lowest BCUT2D eigenvalue weighted by Crippen LogP contribution is -2.21. The van der Waals surface area contributed by atoms with E-state index in [2.05, 4.69) is 0 Å². The van der Waals surface area contributed by atoms with Gasteiger partial charge in [-0.25, -0.2) is 0 Å². The van der Waals surface area contributed by atoms with Gasteiger partial charge in [-0.1, -0.05) is 13.3 Å². The molecule has 0 amide bonds. The van der Waals surface area contributed by atoms with Crippen LogP contribution in [-0.2, 0) is 9.47 Å². The summed E-state index contributed by atoms with van der Waals surface area (Å²) in [6.07, 6.45) is 1.26. The Bertz CT molecular complexity index is 93.2. The third-order valence-corrected chi connectivity index (χ3v) is 1.47. The van der Waals surface area contributed by atoms with Gasteiger partial charge in [-0.15, -0.1) is 0 Å². The van der Waals surface area contributed by atoms with E-state index in [1.165, 1.54) is 6.92 Å². The summed E-state index contributed by atoms with van der Waals surface area (Å²) in [5, 5.41) is 17.1. The minimum Gasteiger partial charge on any atom is -0.377 e. The van der Waals surface area contributed by atoms with Gasteiger partial charge < -0.3 is 19.7 Å². The van der Waals surface area contributed by atoms with Gasteiger partial charge in [0.25, 0.3) is 0 Å². The Morgan fingerprint density at radius 2 is 1.46 bits per heavy atom. The van der Waals surface area contributed by atoms with Crippen LogP contribution in [0.5, 0.6) is 0 Å². The molecule has 0 aliphatic carbocycles. The molecule has 0 bridgehead atoms. The maximum Gasteiger partial charge on any atom is 0.159 e. The highest BCUT2D eigenvalue weighted by atomic mass is 16.6. The van der Waals surface area contributed by atoms with Crippen LogP contribution in [0.25, 0.3) is 0 Å². The Morgan fingerprint density at radius 3 is 1.54 bits per heavy atom. The molecule has 0 atom stereocenters. The molecule has 0 radical (unpaired) electrons. The Kier molecular flexibility index (Phi) is 7.17. The first-order chi connectivity index (χ1) is 6.06. The molecule has 0 aromatic carbocycles. The van der Waals surface area contributed by atoms with Crippen LogP contribution < -0.4 is 0 Å². The fourth-order valence-electron chi connectivity index (χ4n) is 0.913. The van der Waals surface area contributed by atoms with Crippen LogP contribution in [-0.4, -0.2) is 42.4 Å². The number of ether oxygens (including phenoxy) is 2. The number of hydrogen-bond acceptors (Lipinski definition) is 4. The summed E-state index contributed by atoms with van der Waals surface area (Å²) >= 11 is 0. The third kappa shape index (κ3) is 11.8. The first kappa shape index (κ1) is 12.8. The van der Waals surface area contributed by atoms with Crippen molar-refractivity contribution in [1.82, 2.24) is 0 Å². The van der Waals surface area contributed by atoms with Crippen LogP contribution >= 0.6 is 0 Å². The molecule has 0 saturated carbocycles. The van der Waals surface area contributed by atoms with E-state index in [1.807, 2.05) is 6.92 Å². The minimum atomic E-state index is -1.45. The first-order valence-corrected chi connectivity index (χ1v) is 4.66. The summed E-state index contributed by atoms with van der Waals surface area (Å²) in [6.45, 7) is 6.40. The average molecular weight is 192 g/mol. The molecule has 13 heavy (non-hydrogen) atoms. The molecule has 1 saturated heterocycles. The molecule has 2 N–H and O–H groups in total. The van der Waals surface area contributed by atoms with Gasteiger partial charge in [0.1, 0.15) is 0 Å². The minimum absolute atomic E-state index is 0.451. The van der Waals surface area contributed by atoms with E-state index in [4.69, 9.17) is 19.7 Å². The smallest absolute Gasteiger partial charge is 0.159 e. The summed E-state index contributed by atoms with van der Waals surface area (Å²) in [6, 6.07) is 0. The van der Waals surface area contributed by atoms with Gasteiger partial charge in [-0.2, -0.15) is 0 Å². The van der Waals surface area contributed by atoms with Crippen LogP contribution in [0.3, 0.4) is 0 Å². The average Bonchev–Trinajstić information content (AvgIpc) is 2.06. The molecule has 1 rings (SSSR count). The Labute approximate surface area is 79.5 Å². The van der Waals surface area contributed by atoms with Crippen molar-refractivity contribution in [2.45, 2.75) is 32.5 Å². The first-order valence-electron chi connectivity index (χ1n) is 4.66. The van der Waals surface area contributed by atoms with Gasteiger partial charge >= 0.3 is 0 Å². The maximum atomic E-state index is 8.57. The molecule has 0 spiro atoms. The lowest BCUT2D eigenvalue weighted by Gasteiger charge is -2.12. The van der Waals surface area contributed by atoms with E-state index >= 15 is 0 Å². The normalized spacial score (nSPS) is 17.5. The monoisotopic (exact) mass is 192 g/mol. The van der Waals surface area contributed by atoms with E-state index in [1.54, 1.807) is 0 Å². The van der Waals surface area contributed by atoms with Crippen molar-refractivity contribution in [3.8, 4) is 0 Å². The third-order valence-electron chi connectivity index (χ3n) is 1.47. The van der Waals surface area contributed by atoms with Crippen molar-refractivity contribution >= 4 is 0 Å². The van der Waals surface area contributed by atoms with Gasteiger partial charge in [0, 0.05) is 6.42 Å². The number of rotatable bonds is 2. The van der Waals surface area contributed by atoms with Gasteiger partial charge in [0.05, 0.1) is 26.4 Å². The van der Waals surface area contributed by atoms with Crippen LogP contribution in [0.4, 0.5) is 0 Å². The van der Waals surface area contributed by atoms with Crippen molar-refractivity contribution in [2.75, 3.05) is 26.4 Å². The van der Waals surface area contributed by atoms with Gasteiger partial charge in [0.2, 0.25) is 0 Å². The van der Waals surface area contributed by atoms with Gasteiger partial charge in [0.15, 0.2) is 5.79 Å². The van der Waals surface area contributed by atoms with Crippen LogP contribution in [0.2, 0.25) is 0 Å². The Hall–Kier alpha value is -0.160. The second-order valence-electron chi connectivity index (χ2n) is 3.19. The standard InChI is InChI=1S/C5H12O2.C4H8O2/c1-3-4-5(2,6)7;1-2-6-4-3-5-1/h6-7H,3-4H2,1-2H3;1-4H2. The van der Waals surface area contributed by atoms with Crippen LogP contribution in [0.1, 0.15) is 26.7 Å². The molecule has 1 aliphatic rings. The molecule has 0 aromatic rings. The summed E-state index contributed by atoms with van der Waals surface area (Å²) in [7, 11) is 0. The molecule has 1 aliphatic heterocycles. The second kappa shape index (κ2) is 7.26. The quantitative estimate of drug-likeness (QED) is 0.626. The highest BCUT2D eigenvalue weighted by Crippen LogP contribution is 2.04. The van der Waals surface area contributed by atoms with E-state index in [0.717, 1.165) is 32.8 Å². The fraction of sp³-hybridized carbons (Fsp3) is 1.00. The molecule has 4 heteroatoms. The van der Waals surface area contributed by atoms with Crippen molar-refractivity contribution in [3.05, 3.63) is 0 Å². The zero-order chi connectivity index (χ0) is 10.2.